The van der Waals surface area contributed by atoms with Gasteiger partial charge in [-0.3, -0.25) is 10.1 Å². The van der Waals surface area contributed by atoms with E-state index >= 15 is 0 Å². The molecule has 8 nitrogen and oxygen atoms in total. The molecule has 2 aromatic heterocycles. The van der Waals surface area contributed by atoms with Crippen LogP contribution in [-0.4, -0.2) is 58.8 Å². The summed E-state index contributed by atoms with van der Waals surface area (Å²) in [5.74, 6) is 0.300. The highest BCUT2D eigenvalue weighted by Gasteiger charge is 2.30. The van der Waals surface area contributed by atoms with Gasteiger partial charge in [0.15, 0.2) is 5.13 Å². The minimum absolute atomic E-state index is 0.203. The number of piperazine rings is 1. The predicted octanol–water partition coefficient (Wildman–Crippen LogP) is 3.78. The van der Waals surface area contributed by atoms with Crippen LogP contribution in [0.15, 0.2) is 30.5 Å². The van der Waals surface area contributed by atoms with Crippen LogP contribution in [0.3, 0.4) is 0 Å². The topological polar surface area (TPSA) is 90.1 Å². The summed E-state index contributed by atoms with van der Waals surface area (Å²) in [6.45, 7) is 5.93. The fourth-order valence-corrected chi connectivity index (χ4v) is 5.39. The van der Waals surface area contributed by atoms with E-state index in [0.717, 1.165) is 43.3 Å². The lowest BCUT2D eigenvalue weighted by Crippen LogP contribution is -2.44. The van der Waals surface area contributed by atoms with Gasteiger partial charge in [-0.1, -0.05) is 17.8 Å². The van der Waals surface area contributed by atoms with Gasteiger partial charge in [0.25, 0.3) is 5.91 Å². The highest BCUT2D eigenvalue weighted by Crippen LogP contribution is 2.44. The molecule has 1 saturated heterocycles. The van der Waals surface area contributed by atoms with E-state index < -0.39 is 0 Å². The molecule has 1 aliphatic heterocycles. The van der Waals surface area contributed by atoms with Crippen LogP contribution in [0.5, 0.6) is 0 Å². The fourth-order valence-electron chi connectivity index (χ4n) is 4.30. The maximum absolute atomic E-state index is 13.1. The molecule has 1 N–H and O–H groups in total. The molecule has 5 rings (SSSR count). The minimum Gasteiger partial charge on any atom is -0.359 e. The second kappa shape index (κ2) is 8.96. The Hall–Kier alpha value is -3.22. The van der Waals surface area contributed by atoms with Crippen molar-refractivity contribution in [3.05, 3.63) is 53.0 Å². The zero-order valence-electron chi connectivity index (χ0n) is 18.9. The van der Waals surface area contributed by atoms with Gasteiger partial charge >= 0.3 is 0 Å². The van der Waals surface area contributed by atoms with Crippen LogP contribution in [0.1, 0.15) is 52.5 Å². The largest absolute Gasteiger partial charge is 0.359 e. The van der Waals surface area contributed by atoms with E-state index in [4.69, 9.17) is 10.2 Å². The van der Waals surface area contributed by atoms with Gasteiger partial charge in [0, 0.05) is 32.1 Å². The van der Waals surface area contributed by atoms with Gasteiger partial charge in [-0.2, -0.15) is 10.4 Å². The Bertz CT molecular complexity index is 1190. The number of benzene rings is 1. The molecular formula is C24H27N7OS. The molecule has 170 valence electrons. The van der Waals surface area contributed by atoms with Crippen molar-refractivity contribution in [2.45, 2.75) is 32.1 Å². The number of nitriles is 1. The Morgan fingerprint density at radius 2 is 1.91 bits per heavy atom. The number of likely N-dealkylation sites (N-methyl/N-ethyl adjacent to an activating group) is 1. The number of thiazole rings is 1. The van der Waals surface area contributed by atoms with Gasteiger partial charge < -0.3 is 9.80 Å². The number of aromatic nitrogens is 3. The van der Waals surface area contributed by atoms with Gasteiger partial charge in [-0.15, -0.1) is 0 Å². The van der Waals surface area contributed by atoms with Crippen LogP contribution in [0.2, 0.25) is 0 Å². The van der Waals surface area contributed by atoms with E-state index in [-0.39, 0.29) is 5.91 Å². The standard InChI is InChI=1S/C24H27N7OS/c1-16-20(15-26-31(16)19-8-6-17(14-25)7-9-19)22(32)28-24-27-21(18-4-3-5-18)23(33-24)30-12-10-29(2)11-13-30/h6-9,15,18H,3-5,10-13H2,1-2H3,(H,27,28,32). The molecule has 33 heavy (non-hydrogen) atoms. The molecule has 1 aromatic carbocycles. The first-order valence-corrected chi connectivity index (χ1v) is 12.2. The molecule has 1 aliphatic carbocycles. The summed E-state index contributed by atoms with van der Waals surface area (Å²) < 4.78 is 1.72. The molecule has 0 radical (unpaired) electrons. The van der Waals surface area contributed by atoms with Gasteiger partial charge in [0.2, 0.25) is 0 Å². The zero-order chi connectivity index (χ0) is 22.9. The van der Waals surface area contributed by atoms with E-state index in [1.807, 2.05) is 19.1 Å². The smallest absolute Gasteiger partial charge is 0.260 e. The van der Waals surface area contributed by atoms with Crippen molar-refractivity contribution in [3.8, 4) is 11.8 Å². The molecule has 0 spiro atoms. The summed E-state index contributed by atoms with van der Waals surface area (Å²) in [6, 6.07) is 9.26. The average molecular weight is 462 g/mol. The van der Waals surface area contributed by atoms with Crippen molar-refractivity contribution >= 4 is 27.4 Å². The number of amides is 1. The number of anilines is 2. The van der Waals surface area contributed by atoms with Crippen LogP contribution in [-0.2, 0) is 0 Å². The summed E-state index contributed by atoms with van der Waals surface area (Å²) in [7, 11) is 2.16. The molecule has 3 aromatic rings. The Morgan fingerprint density at radius 3 is 2.55 bits per heavy atom. The Labute approximate surface area is 197 Å². The molecule has 0 bridgehead atoms. The first kappa shape index (κ1) is 21.6. The second-order valence-corrected chi connectivity index (χ2v) is 9.77. The van der Waals surface area contributed by atoms with Crippen LogP contribution in [0.25, 0.3) is 5.69 Å². The second-order valence-electron chi connectivity index (χ2n) is 8.80. The van der Waals surface area contributed by atoms with E-state index in [0.29, 0.717) is 22.2 Å². The Morgan fingerprint density at radius 1 is 1.18 bits per heavy atom. The van der Waals surface area contributed by atoms with Crippen molar-refractivity contribution in [1.82, 2.24) is 19.7 Å². The average Bonchev–Trinajstić information content (AvgIpc) is 3.37. The van der Waals surface area contributed by atoms with Crippen LogP contribution >= 0.6 is 11.3 Å². The Balaban J connectivity index is 1.36. The quantitative estimate of drug-likeness (QED) is 0.622. The normalized spacial score (nSPS) is 16.9. The fraction of sp³-hybridized carbons (Fsp3) is 0.417. The maximum atomic E-state index is 13.1. The number of nitrogens with zero attached hydrogens (tertiary/aromatic N) is 6. The summed E-state index contributed by atoms with van der Waals surface area (Å²) in [6.07, 6.45) is 5.19. The number of hydrogen-bond acceptors (Lipinski definition) is 7. The van der Waals surface area contributed by atoms with Gasteiger partial charge in [-0.05, 0) is 51.1 Å². The summed E-state index contributed by atoms with van der Waals surface area (Å²) >= 11 is 1.59. The number of nitrogens with one attached hydrogen (secondary N) is 1. The maximum Gasteiger partial charge on any atom is 0.260 e. The van der Waals surface area contributed by atoms with E-state index in [1.165, 1.54) is 24.3 Å². The first-order valence-electron chi connectivity index (χ1n) is 11.3. The van der Waals surface area contributed by atoms with Crippen molar-refractivity contribution in [1.29, 1.82) is 5.26 Å². The Kier molecular flexibility index (Phi) is 5.87. The molecule has 0 atom stereocenters. The zero-order valence-corrected chi connectivity index (χ0v) is 19.7. The van der Waals surface area contributed by atoms with Crippen LogP contribution in [0, 0.1) is 18.3 Å². The molecule has 0 unspecified atom stereocenters. The third-order valence-corrected chi connectivity index (χ3v) is 7.68. The van der Waals surface area contributed by atoms with Gasteiger partial charge in [0.1, 0.15) is 5.00 Å². The molecule has 2 fully saturated rings. The van der Waals surface area contributed by atoms with Gasteiger partial charge in [0.05, 0.1) is 40.5 Å². The molecule has 1 amide bonds. The SMILES string of the molecule is Cc1c(C(=O)Nc2nc(C3CCC3)c(N3CCN(C)CC3)s2)cnn1-c1ccc(C#N)cc1. The lowest BCUT2D eigenvalue weighted by molar-refractivity contribution is 0.102. The lowest BCUT2D eigenvalue weighted by Gasteiger charge is -2.35. The summed E-state index contributed by atoms with van der Waals surface area (Å²) in [4.78, 5) is 22.8. The molecule has 3 heterocycles. The van der Waals surface area contributed by atoms with E-state index in [1.54, 1.807) is 34.3 Å². The lowest BCUT2D eigenvalue weighted by atomic mass is 9.83. The van der Waals surface area contributed by atoms with Crippen LogP contribution < -0.4 is 10.2 Å². The first-order chi connectivity index (χ1) is 16.0. The van der Waals surface area contributed by atoms with Crippen LogP contribution in [0.4, 0.5) is 10.1 Å². The third-order valence-electron chi connectivity index (χ3n) is 6.63. The molecule has 9 heteroatoms. The monoisotopic (exact) mass is 461 g/mol. The predicted molar refractivity (Wildman–Crippen MR) is 129 cm³/mol. The summed E-state index contributed by atoms with van der Waals surface area (Å²) in [5, 5.41) is 18.3. The highest BCUT2D eigenvalue weighted by atomic mass is 32.1. The molecule has 2 aliphatic rings. The highest BCUT2D eigenvalue weighted by molar-refractivity contribution is 7.19. The number of rotatable bonds is 5. The van der Waals surface area contributed by atoms with E-state index in [9.17, 15) is 4.79 Å². The van der Waals surface area contributed by atoms with E-state index in [2.05, 4.69) is 33.3 Å². The minimum atomic E-state index is -0.203. The van der Waals surface area contributed by atoms with Crippen molar-refractivity contribution < 1.29 is 4.79 Å². The van der Waals surface area contributed by atoms with Crippen molar-refractivity contribution in [2.75, 3.05) is 43.4 Å². The molecule has 1 saturated carbocycles. The molecular weight excluding hydrogens is 434 g/mol. The number of carbonyl (C=O) groups excluding carboxylic acids is 1. The van der Waals surface area contributed by atoms with Gasteiger partial charge in [-0.25, -0.2) is 9.67 Å². The third kappa shape index (κ3) is 4.24. The summed E-state index contributed by atoms with van der Waals surface area (Å²) in [5.41, 5.74) is 3.80. The number of hydrogen-bond donors (Lipinski definition) is 1. The van der Waals surface area contributed by atoms with Crippen molar-refractivity contribution in [3.63, 3.8) is 0 Å². The van der Waals surface area contributed by atoms with Crippen molar-refractivity contribution in [2.24, 2.45) is 0 Å². The number of carbonyl (C=O) groups is 1.